The molecule has 3 nitrogen and oxygen atoms in total. The van der Waals surface area contributed by atoms with Crippen LogP contribution in [0.2, 0.25) is 0 Å². The summed E-state index contributed by atoms with van der Waals surface area (Å²) in [6.45, 7) is 0. The van der Waals surface area contributed by atoms with Gasteiger partial charge in [0.2, 0.25) is 0 Å². The number of carbonyl (C=O) groups is 1. The Bertz CT molecular complexity index is 351. The molecule has 0 aromatic carbocycles. The summed E-state index contributed by atoms with van der Waals surface area (Å²) in [4.78, 5) is 14.1. The van der Waals surface area contributed by atoms with E-state index in [4.69, 9.17) is 0 Å². The highest BCUT2D eigenvalue weighted by Gasteiger charge is 2.49. The van der Waals surface area contributed by atoms with Crippen molar-refractivity contribution in [2.24, 2.45) is 0 Å². The van der Waals surface area contributed by atoms with Crippen molar-refractivity contribution in [2.45, 2.75) is 5.92 Å². The Morgan fingerprint density at radius 3 is 2.92 bits per heavy atom. The second-order valence-electron chi connectivity index (χ2n) is 2.43. The first-order valence-corrected chi connectivity index (χ1v) is 3.27. The van der Waals surface area contributed by atoms with Crippen LogP contribution in [0.25, 0.3) is 0 Å². The van der Waals surface area contributed by atoms with Gasteiger partial charge in [-0.3, -0.25) is 9.78 Å². The van der Waals surface area contributed by atoms with E-state index in [1.54, 1.807) is 0 Å². The maximum Gasteiger partial charge on any atom is 0.368 e. The zero-order chi connectivity index (χ0) is 8.77. The molecule has 0 unspecified atom stereocenters. The van der Waals surface area contributed by atoms with Crippen LogP contribution >= 0.6 is 0 Å². The smallest absolute Gasteiger partial charge is 0.319 e. The SMILES string of the molecule is O=C1Nc2cccnc2C1(F)F. The standard InChI is InChI=1S/C7H4F2N2O/c8-7(9)5-4(11-6(7)12)2-1-3-10-5/h1-3H,(H,11,12). The van der Waals surface area contributed by atoms with Gasteiger partial charge in [-0.15, -0.1) is 0 Å². The maximum atomic E-state index is 12.9. The molecule has 1 aromatic rings. The summed E-state index contributed by atoms with van der Waals surface area (Å²) < 4.78 is 25.7. The van der Waals surface area contributed by atoms with Crippen LogP contribution in [-0.4, -0.2) is 10.9 Å². The third kappa shape index (κ3) is 0.731. The largest absolute Gasteiger partial charge is 0.368 e. The van der Waals surface area contributed by atoms with Gasteiger partial charge < -0.3 is 5.32 Å². The van der Waals surface area contributed by atoms with Gasteiger partial charge in [-0.1, -0.05) is 0 Å². The van der Waals surface area contributed by atoms with Crippen LogP contribution in [0.3, 0.4) is 0 Å². The van der Waals surface area contributed by atoms with Crippen LogP contribution in [0.15, 0.2) is 18.3 Å². The van der Waals surface area contributed by atoms with E-state index in [1.807, 2.05) is 5.32 Å². The molecule has 2 heterocycles. The Labute approximate surface area is 66.4 Å². The number of pyridine rings is 1. The predicted molar refractivity (Wildman–Crippen MR) is 36.8 cm³/mol. The zero-order valence-electron chi connectivity index (χ0n) is 5.84. The highest BCUT2D eigenvalue weighted by molar-refractivity contribution is 6.02. The number of alkyl halides is 2. The molecule has 1 aromatic heterocycles. The van der Waals surface area contributed by atoms with Crippen LogP contribution in [0, 0.1) is 0 Å². The lowest BCUT2D eigenvalue weighted by Gasteiger charge is -2.03. The van der Waals surface area contributed by atoms with E-state index in [1.165, 1.54) is 18.3 Å². The zero-order valence-corrected chi connectivity index (χ0v) is 5.84. The van der Waals surface area contributed by atoms with Gasteiger partial charge in [0.25, 0.3) is 0 Å². The highest BCUT2D eigenvalue weighted by Crippen LogP contribution is 2.37. The number of fused-ring (bicyclic) bond motifs is 1. The number of amides is 1. The van der Waals surface area contributed by atoms with E-state index >= 15 is 0 Å². The molecule has 0 fully saturated rings. The van der Waals surface area contributed by atoms with Crippen molar-refractivity contribution < 1.29 is 13.6 Å². The van der Waals surface area contributed by atoms with Crippen LogP contribution in [0.1, 0.15) is 5.69 Å². The van der Waals surface area contributed by atoms with Gasteiger partial charge in [0.05, 0.1) is 5.69 Å². The minimum atomic E-state index is -3.48. The second kappa shape index (κ2) is 2.00. The number of rotatable bonds is 0. The van der Waals surface area contributed by atoms with E-state index in [0.29, 0.717) is 0 Å². The van der Waals surface area contributed by atoms with Crippen LogP contribution < -0.4 is 5.32 Å². The molecule has 5 heteroatoms. The first-order valence-electron chi connectivity index (χ1n) is 3.27. The number of nitrogens with zero attached hydrogens (tertiary/aromatic N) is 1. The molecule has 2 rings (SSSR count). The van der Waals surface area contributed by atoms with Gasteiger partial charge in [0.15, 0.2) is 0 Å². The second-order valence-corrected chi connectivity index (χ2v) is 2.43. The first kappa shape index (κ1) is 7.15. The molecule has 1 amide bonds. The van der Waals surface area contributed by atoms with Crippen molar-refractivity contribution in [1.82, 2.24) is 4.98 Å². The fourth-order valence-corrected chi connectivity index (χ4v) is 1.06. The maximum absolute atomic E-state index is 12.9. The molecule has 0 bridgehead atoms. The van der Waals surface area contributed by atoms with Crippen LogP contribution in [0.4, 0.5) is 14.5 Å². The molecule has 1 N–H and O–H groups in total. The number of nitrogens with one attached hydrogen (secondary N) is 1. The molecule has 0 saturated carbocycles. The Morgan fingerprint density at radius 2 is 2.25 bits per heavy atom. The quantitative estimate of drug-likeness (QED) is 0.634. The average Bonchev–Trinajstić information content (AvgIpc) is 2.25. The highest BCUT2D eigenvalue weighted by atomic mass is 19.3. The summed E-state index contributed by atoms with van der Waals surface area (Å²) in [6.07, 6.45) is 1.23. The normalized spacial score (nSPS) is 18.7. The van der Waals surface area contributed by atoms with Crippen molar-refractivity contribution in [3.05, 3.63) is 24.0 Å². The molecular formula is C7H4F2N2O. The number of anilines is 1. The molecule has 1 aliphatic rings. The number of carbonyl (C=O) groups excluding carboxylic acids is 1. The minimum Gasteiger partial charge on any atom is -0.319 e. The summed E-state index contributed by atoms with van der Waals surface area (Å²) >= 11 is 0. The summed E-state index contributed by atoms with van der Waals surface area (Å²) in [5, 5.41) is 2.04. The molecule has 0 atom stereocenters. The number of hydrogen-bond donors (Lipinski definition) is 1. The molecule has 0 aliphatic carbocycles. The van der Waals surface area contributed by atoms with Crippen molar-refractivity contribution in [3.8, 4) is 0 Å². The van der Waals surface area contributed by atoms with E-state index in [2.05, 4.69) is 4.98 Å². The Hall–Kier alpha value is -1.52. The average molecular weight is 170 g/mol. The number of hydrogen-bond acceptors (Lipinski definition) is 2. The molecular weight excluding hydrogens is 166 g/mol. The fourth-order valence-electron chi connectivity index (χ4n) is 1.06. The van der Waals surface area contributed by atoms with Gasteiger partial charge in [-0.25, -0.2) is 0 Å². The van der Waals surface area contributed by atoms with Crippen molar-refractivity contribution in [3.63, 3.8) is 0 Å². The number of aromatic nitrogens is 1. The van der Waals surface area contributed by atoms with Crippen molar-refractivity contribution in [1.29, 1.82) is 0 Å². The Balaban J connectivity index is 2.63. The van der Waals surface area contributed by atoms with Crippen molar-refractivity contribution >= 4 is 11.6 Å². The van der Waals surface area contributed by atoms with E-state index in [0.717, 1.165) is 0 Å². The summed E-state index contributed by atoms with van der Waals surface area (Å²) in [6, 6.07) is 2.88. The van der Waals surface area contributed by atoms with Gasteiger partial charge >= 0.3 is 11.8 Å². The molecule has 62 valence electrons. The molecule has 12 heavy (non-hydrogen) atoms. The lowest BCUT2D eigenvalue weighted by atomic mass is 10.2. The molecule has 1 aliphatic heterocycles. The van der Waals surface area contributed by atoms with E-state index in [-0.39, 0.29) is 5.69 Å². The van der Waals surface area contributed by atoms with Crippen LogP contribution in [0.5, 0.6) is 0 Å². The van der Waals surface area contributed by atoms with Gasteiger partial charge in [-0.2, -0.15) is 8.78 Å². The van der Waals surface area contributed by atoms with Gasteiger partial charge in [0, 0.05) is 6.20 Å². The fraction of sp³-hybridized carbons (Fsp3) is 0.143. The summed E-state index contributed by atoms with van der Waals surface area (Å²) in [5.41, 5.74) is -0.400. The number of halogens is 2. The minimum absolute atomic E-state index is 0.0903. The van der Waals surface area contributed by atoms with Gasteiger partial charge in [0.1, 0.15) is 5.69 Å². The third-order valence-corrected chi connectivity index (χ3v) is 1.64. The molecule has 0 spiro atoms. The molecule has 0 radical (unpaired) electrons. The Morgan fingerprint density at radius 1 is 1.50 bits per heavy atom. The first-order chi connectivity index (χ1) is 5.62. The summed E-state index contributed by atoms with van der Waals surface area (Å²) in [7, 11) is 0. The lowest BCUT2D eigenvalue weighted by molar-refractivity contribution is -0.139. The monoisotopic (exact) mass is 170 g/mol. The van der Waals surface area contributed by atoms with E-state index < -0.39 is 17.5 Å². The predicted octanol–water partition coefficient (Wildman–Crippen LogP) is 1.13. The third-order valence-electron chi connectivity index (χ3n) is 1.64. The topological polar surface area (TPSA) is 42.0 Å². The Kier molecular flexibility index (Phi) is 1.19. The molecule has 0 saturated heterocycles. The lowest BCUT2D eigenvalue weighted by Crippen LogP contribution is -2.24. The van der Waals surface area contributed by atoms with Gasteiger partial charge in [-0.05, 0) is 12.1 Å². The van der Waals surface area contributed by atoms with Crippen molar-refractivity contribution in [2.75, 3.05) is 5.32 Å². The van der Waals surface area contributed by atoms with E-state index in [9.17, 15) is 13.6 Å². The summed E-state index contributed by atoms with van der Waals surface area (Å²) in [5.74, 6) is -4.78. The van der Waals surface area contributed by atoms with Crippen LogP contribution in [-0.2, 0) is 10.7 Å².